The van der Waals surface area contributed by atoms with E-state index in [2.05, 4.69) is 28.8 Å². The van der Waals surface area contributed by atoms with E-state index in [0.29, 0.717) is 6.42 Å². The molecule has 6 heteroatoms. The average Bonchev–Trinajstić information content (AvgIpc) is 2.71. The summed E-state index contributed by atoms with van der Waals surface area (Å²) in [4.78, 5) is 2.28. The van der Waals surface area contributed by atoms with E-state index in [9.17, 15) is 13.2 Å². The summed E-state index contributed by atoms with van der Waals surface area (Å²) in [5.41, 5.74) is 4.40. The standard InChI is InChI=1S/C25H33ClF3NO/c1-4-20-16-19(13-14-22(20)17-23(5-2)31-25(27,28)29)18-30(3)15-9-8-11-21-10-6-7-12-24(21)26/h6-7,10,12-14,16,23H,4-5,8-9,11,15,17-18H2,1-3H3. The maximum atomic E-state index is 12.6. The molecule has 0 aliphatic heterocycles. The lowest BCUT2D eigenvalue weighted by Crippen LogP contribution is -2.25. The summed E-state index contributed by atoms with van der Waals surface area (Å²) >= 11 is 6.21. The van der Waals surface area contributed by atoms with Crippen molar-refractivity contribution >= 4 is 11.6 Å². The van der Waals surface area contributed by atoms with E-state index in [-0.39, 0.29) is 6.42 Å². The van der Waals surface area contributed by atoms with Crippen molar-refractivity contribution in [3.63, 3.8) is 0 Å². The molecular formula is C25H33ClF3NO. The number of halogens is 4. The smallest absolute Gasteiger partial charge is 0.302 e. The van der Waals surface area contributed by atoms with Crippen molar-refractivity contribution in [2.75, 3.05) is 13.6 Å². The minimum Gasteiger partial charge on any atom is -0.302 e. The third-order valence-corrected chi connectivity index (χ3v) is 5.87. The van der Waals surface area contributed by atoms with Crippen LogP contribution in [0.2, 0.25) is 5.02 Å². The van der Waals surface area contributed by atoms with Crippen LogP contribution < -0.4 is 0 Å². The maximum absolute atomic E-state index is 12.6. The van der Waals surface area contributed by atoms with Crippen molar-refractivity contribution in [2.45, 2.75) is 71.4 Å². The summed E-state index contributed by atoms with van der Waals surface area (Å²) < 4.78 is 42.0. The first-order valence-corrected chi connectivity index (χ1v) is 11.4. The van der Waals surface area contributed by atoms with E-state index < -0.39 is 12.5 Å². The molecule has 0 fully saturated rings. The topological polar surface area (TPSA) is 12.5 Å². The molecule has 172 valence electrons. The highest BCUT2D eigenvalue weighted by atomic mass is 35.5. The summed E-state index contributed by atoms with van der Waals surface area (Å²) in [6.07, 6.45) is -0.941. The van der Waals surface area contributed by atoms with Crippen LogP contribution in [0.1, 0.15) is 55.4 Å². The summed E-state index contributed by atoms with van der Waals surface area (Å²) in [5.74, 6) is 0. The molecule has 1 unspecified atom stereocenters. The minimum absolute atomic E-state index is 0.275. The predicted molar refractivity (Wildman–Crippen MR) is 121 cm³/mol. The molecule has 0 saturated heterocycles. The molecule has 0 aliphatic carbocycles. The molecule has 0 aromatic heterocycles. The second-order valence-electron chi connectivity index (χ2n) is 8.04. The second-order valence-corrected chi connectivity index (χ2v) is 8.45. The molecule has 0 heterocycles. The SMILES string of the molecule is CCc1cc(CN(C)CCCCc2ccccc2Cl)ccc1CC(CC)OC(F)(F)F. The Morgan fingerprint density at radius 1 is 1.00 bits per heavy atom. The minimum atomic E-state index is -4.60. The Balaban J connectivity index is 1.86. The second kappa shape index (κ2) is 12.5. The fourth-order valence-electron chi connectivity index (χ4n) is 3.80. The summed E-state index contributed by atoms with van der Waals surface area (Å²) in [7, 11) is 2.10. The molecule has 0 aliphatic rings. The zero-order chi connectivity index (χ0) is 22.9. The van der Waals surface area contributed by atoms with Crippen molar-refractivity contribution in [2.24, 2.45) is 0 Å². The van der Waals surface area contributed by atoms with Gasteiger partial charge in [-0.2, -0.15) is 0 Å². The van der Waals surface area contributed by atoms with Gasteiger partial charge in [-0.15, -0.1) is 13.2 Å². The molecule has 0 radical (unpaired) electrons. The number of hydrogen-bond acceptors (Lipinski definition) is 2. The lowest BCUT2D eigenvalue weighted by molar-refractivity contribution is -0.342. The molecule has 2 aromatic rings. The number of alkyl halides is 3. The van der Waals surface area contributed by atoms with E-state index in [1.807, 2.05) is 37.3 Å². The highest BCUT2D eigenvalue weighted by molar-refractivity contribution is 6.31. The highest BCUT2D eigenvalue weighted by Gasteiger charge is 2.33. The van der Waals surface area contributed by atoms with Crippen LogP contribution in [0.25, 0.3) is 0 Å². The Morgan fingerprint density at radius 2 is 1.74 bits per heavy atom. The van der Waals surface area contributed by atoms with Gasteiger partial charge in [0.15, 0.2) is 0 Å². The third-order valence-electron chi connectivity index (χ3n) is 5.50. The van der Waals surface area contributed by atoms with E-state index in [1.54, 1.807) is 6.92 Å². The predicted octanol–water partition coefficient (Wildman–Crippen LogP) is 7.21. The number of nitrogens with zero attached hydrogens (tertiary/aromatic N) is 1. The zero-order valence-electron chi connectivity index (χ0n) is 18.6. The maximum Gasteiger partial charge on any atom is 0.522 e. The third kappa shape index (κ3) is 9.22. The number of hydrogen-bond donors (Lipinski definition) is 0. The lowest BCUT2D eigenvalue weighted by atomic mass is 9.96. The fraction of sp³-hybridized carbons (Fsp3) is 0.520. The quantitative estimate of drug-likeness (QED) is 0.313. The van der Waals surface area contributed by atoms with Crippen LogP contribution in [0.3, 0.4) is 0 Å². The molecule has 2 nitrogen and oxygen atoms in total. The molecule has 0 bridgehead atoms. The van der Waals surface area contributed by atoms with Gasteiger partial charge in [0.2, 0.25) is 0 Å². The van der Waals surface area contributed by atoms with Crippen LogP contribution in [-0.4, -0.2) is 31.0 Å². The summed E-state index contributed by atoms with van der Waals surface area (Å²) in [6, 6.07) is 14.1. The van der Waals surface area contributed by atoms with Crippen molar-refractivity contribution < 1.29 is 17.9 Å². The van der Waals surface area contributed by atoms with Gasteiger partial charge in [-0.05, 0) is 80.4 Å². The number of unbranched alkanes of at least 4 members (excludes halogenated alkanes) is 1. The van der Waals surface area contributed by atoms with Crippen molar-refractivity contribution in [3.8, 4) is 0 Å². The highest BCUT2D eigenvalue weighted by Crippen LogP contribution is 2.24. The van der Waals surface area contributed by atoms with Gasteiger partial charge in [0.05, 0.1) is 6.10 Å². The Labute approximate surface area is 189 Å². The monoisotopic (exact) mass is 455 g/mol. The molecule has 2 aromatic carbocycles. The van der Waals surface area contributed by atoms with E-state index >= 15 is 0 Å². The van der Waals surface area contributed by atoms with E-state index in [0.717, 1.165) is 54.9 Å². The van der Waals surface area contributed by atoms with E-state index in [1.165, 1.54) is 11.1 Å². The first-order chi connectivity index (χ1) is 14.7. The first-order valence-electron chi connectivity index (χ1n) is 11.0. The van der Waals surface area contributed by atoms with Gasteiger partial charge < -0.3 is 4.90 Å². The molecule has 1 atom stereocenters. The number of aryl methyl sites for hydroxylation is 2. The molecule has 31 heavy (non-hydrogen) atoms. The van der Waals surface area contributed by atoms with Gasteiger partial charge in [0, 0.05) is 11.6 Å². The molecular weight excluding hydrogens is 423 g/mol. The van der Waals surface area contributed by atoms with Gasteiger partial charge in [-0.1, -0.05) is 61.8 Å². The van der Waals surface area contributed by atoms with Crippen molar-refractivity contribution in [1.82, 2.24) is 4.90 Å². The normalized spacial score (nSPS) is 13.0. The Bertz CT molecular complexity index is 810. The molecule has 0 N–H and O–H groups in total. The van der Waals surface area contributed by atoms with Gasteiger partial charge in [0.25, 0.3) is 0 Å². The Kier molecular flexibility index (Phi) is 10.3. The van der Waals surface area contributed by atoms with Gasteiger partial charge in [-0.25, -0.2) is 0 Å². The largest absolute Gasteiger partial charge is 0.522 e. The molecule has 0 amide bonds. The lowest BCUT2D eigenvalue weighted by Gasteiger charge is -2.21. The van der Waals surface area contributed by atoms with Crippen molar-refractivity contribution in [3.05, 3.63) is 69.7 Å². The number of ether oxygens (including phenoxy) is 1. The van der Waals surface area contributed by atoms with Crippen LogP contribution in [0, 0.1) is 0 Å². The molecule has 2 rings (SSSR count). The van der Waals surface area contributed by atoms with Crippen LogP contribution in [0.4, 0.5) is 13.2 Å². The van der Waals surface area contributed by atoms with Crippen molar-refractivity contribution in [1.29, 1.82) is 0 Å². The van der Waals surface area contributed by atoms with Crippen LogP contribution >= 0.6 is 11.6 Å². The molecule has 0 saturated carbocycles. The molecule has 0 spiro atoms. The van der Waals surface area contributed by atoms with Crippen LogP contribution in [0.15, 0.2) is 42.5 Å². The summed E-state index contributed by atoms with van der Waals surface area (Å²) in [5, 5.41) is 0.828. The Hall–Kier alpha value is -1.56. The number of benzene rings is 2. The summed E-state index contributed by atoms with van der Waals surface area (Å²) in [6.45, 7) is 5.55. The first kappa shape index (κ1) is 25.7. The average molecular weight is 456 g/mol. The van der Waals surface area contributed by atoms with E-state index in [4.69, 9.17) is 11.6 Å². The Morgan fingerprint density at radius 3 is 2.39 bits per heavy atom. The zero-order valence-corrected chi connectivity index (χ0v) is 19.4. The van der Waals surface area contributed by atoms with Gasteiger partial charge >= 0.3 is 6.36 Å². The van der Waals surface area contributed by atoms with Crippen LogP contribution in [0.5, 0.6) is 0 Å². The number of rotatable bonds is 12. The van der Waals surface area contributed by atoms with Gasteiger partial charge in [0.1, 0.15) is 0 Å². The van der Waals surface area contributed by atoms with Gasteiger partial charge in [-0.3, -0.25) is 4.74 Å². The van der Waals surface area contributed by atoms with Crippen LogP contribution in [-0.2, 0) is 30.5 Å². The fourth-order valence-corrected chi connectivity index (χ4v) is 4.03.